The van der Waals surface area contributed by atoms with Crippen LogP contribution < -0.4 is 0 Å². The van der Waals surface area contributed by atoms with Crippen molar-refractivity contribution in [2.24, 2.45) is 7.05 Å². The Morgan fingerprint density at radius 1 is 1.00 bits per heavy atom. The fraction of sp³-hybridized carbons (Fsp3) is 0.348. The molecule has 2 aromatic carbocycles. The summed E-state index contributed by atoms with van der Waals surface area (Å²) in [6.45, 7) is 2.74. The van der Waals surface area contributed by atoms with E-state index in [1.807, 2.05) is 30.7 Å². The maximum atomic E-state index is 10.7. The third-order valence-corrected chi connectivity index (χ3v) is 5.69. The van der Waals surface area contributed by atoms with E-state index in [1.165, 1.54) is 16.8 Å². The number of hydrogen-bond acceptors (Lipinski definition) is 3. The van der Waals surface area contributed by atoms with Crippen LogP contribution in [0, 0.1) is 0 Å². The standard InChI is InChI=1S/C23H27N3O/c1-25-17-24-15-22(25)20-11-13-26(14-12-20)16-23(27)21-9-7-19(8-10-21)18-5-3-2-4-6-18/h2-10,15,17,20,23,27H,11-14,16H2,1H3. The van der Waals surface area contributed by atoms with Crippen molar-refractivity contribution in [1.82, 2.24) is 14.5 Å². The van der Waals surface area contributed by atoms with E-state index in [9.17, 15) is 5.11 Å². The maximum absolute atomic E-state index is 10.7. The molecule has 0 bridgehead atoms. The van der Waals surface area contributed by atoms with Gasteiger partial charge in [0.05, 0.1) is 12.4 Å². The number of benzene rings is 2. The van der Waals surface area contributed by atoms with Gasteiger partial charge in [0.2, 0.25) is 0 Å². The summed E-state index contributed by atoms with van der Waals surface area (Å²) in [5.41, 5.74) is 4.70. The van der Waals surface area contributed by atoms with Crippen molar-refractivity contribution in [2.75, 3.05) is 19.6 Å². The molecule has 4 rings (SSSR count). The van der Waals surface area contributed by atoms with Crippen molar-refractivity contribution in [3.8, 4) is 11.1 Å². The summed E-state index contributed by atoms with van der Waals surface area (Å²) in [7, 11) is 2.07. The van der Waals surface area contributed by atoms with Gasteiger partial charge in [0.15, 0.2) is 0 Å². The highest BCUT2D eigenvalue weighted by Gasteiger charge is 2.24. The first kappa shape index (κ1) is 18.0. The number of imidazole rings is 1. The average molecular weight is 361 g/mol. The molecule has 0 amide bonds. The Morgan fingerprint density at radius 3 is 2.30 bits per heavy atom. The molecule has 0 spiro atoms. The lowest BCUT2D eigenvalue weighted by Gasteiger charge is -2.33. The first-order valence-corrected chi connectivity index (χ1v) is 9.73. The number of hydrogen-bond donors (Lipinski definition) is 1. The average Bonchev–Trinajstić information content (AvgIpc) is 3.15. The number of aryl methyl sites for hydroxylation is 1. The number of rotatable bonds is 5. The van der Waals surface area contributed by atoms with Crippen LogP contribution in [0.5, 0.6) is 0 Å². The van der Waals surface area contributed by atoms with E-state index in [2.05, 4.69) is 57.9 Å². The predicted molar refractivity (Wildman–Crippen MR) is 108 cm³/mol. The van der Waals surface area contributed by atoms with Crippen molar-refractivity contribution < 1.29 is 5.11 Å². The minimum Gasteiger partial charge on any atom is -0.387 e. The van der Waals surface area contributed by atoms with Gasteiger partial charge in [0.25, 0.3) is 0 Å². The first-order valence-electron chi connectivity index (χ1n) is 9.73. The second-order valence-corrected chi connectivity index (χ2v) is 7.51. The van der Waals surface area contributed by atoms with Gasteiger partial charge in [-0.25, -0.2) is 4.98 Å². The summed E-state index contributed by atoms with van der Waals surface area (Å²) in [5, 5.41) is 10.7. The van der Waals surface area contributed by atoms with Crippen molar-refractivity contribution in [3.63, 3.8) is 0 Å². The fourth-order valence-corrected chi connectivity index (χ4v) is 4.05. The molecule has 0 aliphatic carbocycles. The van der Waals surface area contributed by atoms with Gasteiger partial charge in [0, 0.05) is 31.4 Å². The van der Waals surface area contributed by atoms with Crippen LogP contribution in [0.15, 0.2) is 67.1 Å². The van der Waals surface area contributed by atoms with Gasteiger partial charge in [-0.05, 0) is 42.6 Å². The van der Waals surface area contributed by atoms with Gasteiger partial charge in [0.1, 0.15) is 0 Å². The Kier molecular flexibility index (Phi) is 5.37. The third kappa shape index (κ3) is 4.12. The lowest BCUT2D eigenvalue weighted by Crippen LogP contribution is -2.36. The number of aliphatic hydroxyl groups excluding tert-OH is 1. The molecule has 1 saturated heterocycles. The van der Waals surface area contributed by atoms with Crippen LogP contribution in [-0.4, -0.2) is 39.2 Å². The highest BCUT2D eigenvalue weighted by atomic mass is 16.3. The van der Waals surface area contributed by atoms with Crippen LogP contribution in [0.4, 0.5) is 0 Å². The normalized spacial score (nSPS) is 17.1. The summed E-state index contributed by atoms with van der Waals surface area (Å²) in [4.78, 5) is 6.62. The van der Waals surface area contributed by atoms with E-state index in [1.54, 1.807) is 0 Å². The molecule has 27 heavy (non-hydrogen) atoms. The van der Waals surface area contributed by atoms with E-state index in [0.29, 0.717) is 12.5 Å². The highest BCUT2D eigenvalue weighted by molar-refractivity contribution is 5.63. The number of likely N-dealkylation sites (tertiary alicyclic amines) is 1. The van der Waals surface area contributed by atoms with E-state index < -0.39 is 6.10 Å². The lowest BCUT2D eigenvalue weighted by atomic mass is 9.93. The molecule has 2 heterocycles. The molecular formula is C23H27N3O. The molecule has 1 fully saturated rings. The van der Waals surface area contributed by atoms with E-state index in [-0.39, 0.29) is 0 Å². The van der Waals surface area contributed by atoms with Gasteiger partial charge < -0.3 is 14.6 Å². The van der Waals surface area contributed by atoms with Crippen LogP contribution in [0.25, 0.3) is 11.1 Å². The quantitative estimate of drug-likeness (QED) is 0.747. The second-order valence-electron chi connectivity index (χ2n) is 7.51. The maximum Gasteiger partial charge on any atom is 0.0945 e. The number of aliphatic hydroxyl groups is 1. The Morgan fingerprint density at radius 2 is 1.67 bits per heavy atom. The van der Waals surface area contributed by atoms with Gasteiger partial charge in [-0.3, -0.25) is 0 Å². The van der Waals surface area contributed by atoms with Gasteiger partial charge in [-0.2, -0.15) is 0 Å². The molecule has 1 atom stereocenters. The molecule has 0 radical (unpaired) electrons. The Hall–Kier alpha value is -2.43. The molecule has 1 aliphatic heterocycles. The summed E-state index contributed by atoms with van der Waals surface area (Å²) in [6, 6.07) is 18.6. The van der Waals surface area contributed by atoms with Crippen molar-refractivity contribution in [3.05, 3.63) is 78.4 Å². The van der Waals surface area contributed by atoms with Gasteiger partial charge >= 0.3 is 0 Å². The summed E-state index contributed by atoms with van der Waals surface area (Å²) >= 11 is 0. The molecular weight excluding hydrogens is 334 g/mol. The molecule has 1 aliphatic rings. The van der Waals surface area contributed by atoms with Crippen LogP contribution in [0.2, 0.25) is 0 Å². The van der Waals surface area contributed by atoms with Crippen LogP contribution in [0.1, 0.15) is 36.1 Å². The number of piperidine rings is 1. The summed E-state index contributed by atoms with van der Waals surface area (Å²) in [6.07, 6.45) is 5.68. The number of β-amino-alcohol motifs (C(OH)–C–C–N with tert-alkyl or cyclic N) is 1. The SMILES string of the molecule is Cn1cncc1C1CCN(CC(O)c2ccc(-c3ccccc3)cc2)CC1. The van der Waals surface area contributed by atoms with Crippen molar-refractivity contribution in [1.29, 1.82) is 0 Å². The third-order valence-electron chi connectivity index (χ3n) is 5.69. The number of aromatic nitrogens is 2. The molecule has 1 aromatic heterocycles. The lowest BCUT2D eigenvalue weighted by molar-refractivity contribution is 0.0967. The topological polar surface area (TPSA) is 41.3 Å². The minimum absolute atomic E-state index is 0.442. The first-order chi connectivity index (χ1) is 13.2. The molecule has 1 N–H and O–H groups in total. The molecule has 4 heteroatoms. The van der Waals surface area contributed by atoms with E-state index in [0.717, 1.165) is 31.5 Å². The molecule has 140 valence electrons. The zero-order chi connectivity index (χ0) is 18.6. The molecule has 1 unspecified atom stereocenters. The minimum atomic E-state index is -0.442. The van der Waals surface area contributed by atoms with E-state index in [4.69, 9.17) is 0 Å². The number of nitrogens with zero attached hydrogens (tertiary/aromatic N) is 3. The summed E-state index contributed by atoms with van der Waals surface area (Å²) < 4.78 is 2.13. The largest absolute Gasteiger partial charge is 0.387 e. The van der Waals surface area contributed by atoms with Gasteiger partial charge in [-0.15, -0.1) is 0 Å². The fourth-order valence-electron chi connectivity index (χ4n) is 4.05. The zero-order valence-corrected chi connectivity index (χ0v) is 15.8. The molecule has 4 nitrogen and oxygen atoms in total. The van der Waals surface area contributed by atoms with Crippen LogP contribution in [-0.2, 0) is 7.05 Å². The van der Waals surface area contributed by atoms with Gasteiger partial charge in [-0.1, -0.05) is 54.6 Å². The zero-order valence-electron chi connectivity index (χ0n) is 15.8. The van der Waals surface area contributed by atoms with Crippen LogP contribution >= 0.6 is 0 Å². The Balaban J connectivity index is 1.33. The highest BCUT2D eigenvalue weighted by Crippen LogP contribution is 2.29. The van der Waals surface area contributed by atoms with Crippen molar-refractivity contribution >= 4 is 0 Å². The van der Waals surface area contributed by atoms with E-state index >= 15 is 0 Å². The monoisotopic (exact) mass is 361 g/mol. The molecule has 0 saturated carbocycles. The second kappa shape index (κ2) is 8.07. The Bertz CT molecular complexity index is 849. The summed E-state index contributed by atoms with van der Waals surface area (Å²) in [5.74, 6) is 0.580. The van der Waals surface area contributed by atoms with Crippen LogP contribution in [0.3, 0.4) is 0 Å². The Labute approximate surface area is 161 Å². The smallest absolute Gasteiger partial charge is 0.0945 e. The predicted octanol–water partition coefficient (Wildman–Crippen LogP) is 4.00. The van der Waals surface area contributed by atoms with Crippen molar-refractivity contribution in [2.45, 2.75) is 24.9 Å². The molecule has 3 aromatic rings.